The summed E-state index contributed by atoms with van der Waals surface area (Å²) >= 11 is 0. The Balaban J connectivity index is 1.44. The van der Waals surface area contributed by atoms with Crippen LogP contribution < -0.4 is 5.32 Å². The summed E-state index contributed by atoms with van der Waals surface area (Å²) in [4.78, 5) is 16.1. The van der Waals surface area contributed by atoms with Gasteiger partial charge in [-0.3, -0.25) is 4.79 Å². The van der Waals surface area contributed by atoms with E-state index in [9.17, 15) is 13.2 Å². The summed E-state index contributed by atoms with van der Waals surface area (Å²) in [5.74, 6) is 0.528. The molecule has 126 valence electrons. The molecule has 0 fully saturated rings. The Morgan fingerprint density at radius 3 is 2.79 bits per heavy atom. The van der Waals surface area contributed by atoms with Gasteiger partial charge in [-0.1, -0.05) is 29.4 Å². The summed E-state index contributed by atoms with van der Waals surface area (Å²) in [5, 5.41) is 7.80. The summed E-state index contributed by atoms with van der Waals surface area (Å²) in [6, 6.07) is 9.43. The molecular weight excluding hydrogens is 330 g/mol. The van der Waals surface area contributed by atoms with Gasteiger partial charge in [0.1, 0.15) is 0 Å². The van der Waals surface area contributed by atoms with Crippen LogP contribution in [0.1, 0.15) is 12.2 Å². The molecule has 1 amide bonds. The first-order valence-corrected chi connectivity index (χ1v) is 9.29. The summed E-state index contributed by atoms with van der Waals surface area (Å²) in [5.41, 5.74) is 0.842. The van der Waals surface area contributed by atoms with Gasteiger partial charge in [0.15, 0.2) is 15.7 Å². The van der Waals surface area contributed by atoms with Crippen molar-refractivity contribution in [3.8, 4) is 11.5 Å². The van der Waals surface area contributed by atoms with Gasteiger partial charge in [0.2, 0.25) is 5.91 Å². The quantitative estimate of drug-likeness (QED) is 0.846. The summed E-state index contributed by atoms with van der Waals surface area (Å²) < 4.78 is 27.8. The van der Waals surface area contributed by atoms with Crippen molar-refractivity contribution in [3.63, 3.8) is 0 Å². The summed E-state index contributed by atoms with van der Waals surface area (Å²) in [7, 11) is -3.12. The van der Waals surface area contributed by atoms with E-state index in [-0.39, 0.29) is 24.0 Å². The molecule has 2 heterocycles. The Bertz CT molecular complexity index is 843. The number of amides is 1. The van der Waals surface area contributed by atoms with Gasteiger partial charge in [-0.2, -0.15) is 4.98 Å². The molecular formula is C16H17N3O4S. The van der Waals surface area contributed by atoms with E-state index in [0.29, 0.717) is 24.7 Å². The minimum absolute atomic E-state index is 0.00565. The predicted octanol–water partition coefficient (Wildman–Crippen LogP) is 1.34. The maximum Gasteiger partial charge on any atom is 0.257 e. The molecule has 2 aromatic rings. The van der Waals surface area contributed by atoms with E-state index in [0.717, 1.165) is 5.56 Å². The maximum atomic E-state index is 11.8. The van der Waals surface area contributed by atoms with Crippen LogP contribution in [0.25, 0.3) is 11.5 Å². The Hall–Kier alpha value is -2.48. The van der Waals surface area contributed by atoms with Crippen LogP contribution in [0.5, 0.6) is 0 Å². The van der Waals surface area contributed by atoms with E-state index in [1.54, 1.807) is 6.08 Å². The molecule has 1 aliphatic rings. The van der Waals surface area contributed by atoms with Gasteiger partial charge < -0.3 is 9.84 Å². The highest BCUT2D eigenvalue weighted by Crippen LogP contribution is 2.18. The van der Waals surface area contributed by atoms with Gasteiger partial charge in [0.25, 0.3) is 5.89 Å². The van der Waals surface area contributed by atoms with Crippen molar-refractivity contribution in [2.45, 2.75) is 12.8 Å². The molecule has 24 heavy (non-hydrogen) atoms. The predicted molar refractivity (Wildman–Crippen MR) is 87.5 cm³/mol. The van der Waals surface area contributed by atoms with E-state index in [1.807, 2.05) is 30.3 Å². The largest absolute Gasteiger partial charge is 0.356 e. The summed E-state index contributed by atoms with van der Waals surface area (Å²) in [6.07, 6.45) is 2.18. The third-order valence-electron chi connectivity index (χ3n) is 3.61. The maximum absolute atomic E-state index is 11.8. The third-order valence-corrected chi connectivity index (χ3v) is 5.08. The number of hydrogen-bond donors (Lipinski definition) is 1. The number of carbonyl (C=O) groups excluding carboxylic acids is 1. The lowest BCUT2D eigenvalue weighted by Gasteiger charge is -2.07. The van der Waals surface area contributed by atoms with Gasteiger partial charge in [-0.05, 0) is 12.1 Å². The van der Waals surface area contributed by atoms with Gasteiger partial charge in [-0.25, -0.2) is 8.42 Å². The first kappa shape index (κ1) is 16.4. The van der Waals surface area contributed by atoms with Gasteiger partial charge in [0.05, 0.1) is 5.75 Å². The molecule has 8 heteroatoms. The van der Waals surface area contributed by atoms with E-state index < -0.39 is 9.84 Å². The fraction of sp³-hybridized carbons (Fsp3) is 0.312. The minimum Gasteiger partial charge on any atom is -0.356 e. The van der Waals surface area contributed by atoms with Crippen LogP contribution in [-0.4, -0.2) is 36.8 Å². The zero-order valence-electron chi connectivity index (χ0n) is 12.9. The zero-order chi connectivity index (χ0) is 17.0. The molecule has 1 aromatic heterocycles. The monoisotopic (exact) mass is 347 g/mol. The highest BCUT2D eigenvalue weighted by atomic mass is 32.2. The molecule has 0 bridgehead atoms. The molecule has 1 unspecified atom stereocenters. The van der Waals surface area contributed by atoms with Crippen molar-refractivity contribution in [3.05, 3.63) is 47.6 Å². The van der Waals surface area contributed by atoms with Crippen LogP contribution in [0, 0.1) is 5.92 Å². The van der Waals surface area contributed by atoms with Crippen LogP contribution in [0.2, 0.25) is 0 Å². The average molecular weight is 347 g/mol. The highest BCUT2D eigenvalue weighted by molar-refractivity contribution is 7.94. The fourth-order valence-electron chi connectivity index (χ4n) is 2.44. The van der Waals surface area contributed by atoms with Crippen molar-refractivity contribution in [2.24, 2.45) is 5.92 Å². The number of carbonyl (C=O) groups is 1. The SMILES string of the molecule is O=C(CC1C=CS(=O)(=O)C1)NCCc1noc(-c2ccccc2)n1. The number of nitrogens with zero attached hydrogens (tertiary/aromatic N) is 2. The molecule has 1 atom stereocenters. The third kappa shape index (κ3) is 4.29. The van der Waals surface area contributed by atoms with Gasteiger partial charge in [-0.15, -0.1) is 0 Å². The molecule has 0 spiro atoms. The van der Waals surface area contributed by atoms with E-state index in [4.69, 9.17) is 4.52 Å². The average Bonchev–Trinajstić information content (AvgIpc) is 3.15. The smallest absolute Gasteiger partial charge is 0.257 e. The van der Waals surface area contributed by atoms with E-state index >= 15 is 0 Å². The first-order valence-electron chi connectivity index (χ1n) is 7.57. The fourth-order valence-corrected chi connectivity index (χ4v) is 3.84. The Morgan fingerprint density at radius 1 is 1.29 bits per heavy atom. The number of benzene rings is 1. The van der Waals surface area contributed by atoms with E-state index in [2.05, 4.69) is 15.5 Å². The first-order chi connectivity index (χ1) is 11.5. The molecule has 7 nitrogen and oxygen atoms in total. The lowest BCUT2D eigenvalue weighted by Crippen LogP contribution is -2.28. The second kappa shape index (κ2) is 6.96. The number of rotatable bonds is 6. The Labute approximate surface area is 139 Å². The van der Waals surface area contributed by atoms with Crippen molar-refractivity contribution in [2.75, 3.05) is 12.3 Å². The normalized spacial score (nSPS) is 18.6. The van der Waals surface area contributed by atoms with Gasteiger partial charge >= 0.3 is 0 Å². The van der Waals surface area contributed by atoms with Crippen LogP contribution in [0.15, 0.2) is 46.3 Å². The molecule has 3 rings (SSSR count). The number of hydrogen-bond acceptors (Lipinski definition) is 6. The number of nitrogens with one attached hydrogen (secondary N) is 1. The van der Waals surface area contributed by atoms with Crippen LogP contribution in [0.4, 0.5) is 0 Å². The van der Waals surface area contributed by atoms with Crippen LogP contribution >= 0.6 is 0 Å². The summed E-state index contributed by atoms with van der Waals surface area (Å²) in [6.45, 7) is 0.371. The number of aromatic nitrogens is 2. The zero-order valence-corrected chi connectivity index (χ0v) is 13.7. The highest BCUT2D eigenvalue weighted by Gasteiger charge is 2.23. The second-order valence-electron chi connectivity index (χ2n) is 5.60. The van der Waals surface area contributed by atoms with Crippen LogP contribution in [-0.2, 0) is 21.1 Å². The Morgan fingerprint density at radius 2 is 2.08 bits per heavy atom. The van der Waals surface area contributed by atoms with Crippen molar-refractivity contribution < 1.29 is 17.7 Å². The lowest BCUT2D eigenvalue weighted by molar-refractivity contribution is -0.121. The lowest BCUT2D eigenvalue weighted by atomic mass is 10.1. The van der Waals surface area contributed by atoms with Crippen LogP contribution in [0.3, 0.4) is 0 Å². The molecule has 1 aromatic carbocycles. The molecule has 1 N–H and O–H groups in total. The van der Waals surface area contributed by atoms with E-state index in [1.165, 1.54) is 5.41 Å². The van der Waals surface area contributed by atoms with Crippen molar-refractivity contribution >= 4 is 15.7 Å². The molecule has 0 saturated heterocycles. The standard InChI is InChI=1S/C16H17N3O4S/c20-15(10-12-7-9-24(21,22)11-12)17-8-6-14-18-16(23-19-14)13-4-2-1-3-5-13/h1-5,7,9,12H,6,8,10-11H2,(H,17,20). The molecule has 0 radical (unpaired) electrons. The molecule has 0 aliphatic carbocycles. The minimum atomic E-state index is -3.12. The van der Waals surface area contributed by atoms with Gasteiger partial charge in [0, 0.05) is 36.3 Å². The second-order valence-corrected chi connectivity index (χ2v) is 7.54. The Kier molecular flexibility index (Phi) is 4.75. The topological polar surface area (TPSA) is 102 Å². The molecule has 0 saturated carbocycles. The molecule has 1 aliphatic heterocycles. The number of allylic oxidation sites excluding steroid dienone is 1. The van der Waals surface area contributed by atoms with Crippen molar-refractivity contribution in [1.29, 1.82) is 0 Å². The number of sulfone groups is 1. The van der Waals surface area contributed by atoms with Crippen molar-refractivity contribution in [1.82, 2.24) is 15.5 Å².